The van der Waals surface area contributed by atoms with Gasteiger partial charge in [-0.1, -0.05) is 128 Å². The molecule has 0 atom stereocenters. The predicted molar refractivity (Wildman–Crippen MR) is 186 cm³/mol. The van der Waals surface area contributed by atoms with Crippen LogP contribution in [0.15, 0.2) is 60.7 Å². The van der Waals surface area contributed by atoms with Crippen LogP contribution in [0.3, 0.4) is 0 Å². The summed E-state index contributed by atoms with van der Waals surface area (Å²) >= 11 is 0. The lowest BCUT2D eigenvalue weighted by Crippen LogP contribution is -2.00. The van der Waals surface area contributed by atoms with Gasteiger partial charge in [-0.25, -0.2) is 4.79 Å². The molecule has 0 amide bonds. The first-order chi connectivity index (χ1) is 22.0. The summed E-state index contributed by atoms with van der Waals surface area (Å²) in [7, 11) is 0. The quantitative estimate of drug-likeness (QED) is 0.0724. The number of carbonyl (C=O) groups excluding carboxylic acids is 1. The van der Waals surface area contributed by atoms with Crippen molar-refractivity contribution >= 4 is 33.8 Å². The predicted octanol–water partition coefficient (Wildman–Crippen LogP) is 11.5. The van der Waals surface area contributed by atoms with Crippen molar-refractivity contribution in [3.05, 3.63) is 71.8 Å². The van der Waals surface area contributed by atoms with Crippen molar-refractivity contribution in [2.24, 2.45) is 0 Å². The highest BCUT2D eigenvalue weighted by Crippen LogP contribution is 2.40. The fourth-order valence-corrected chi connectivity index (χ4v) is 6.31. The fourth-order valence-electron chi connectivity index (χ4n) is 6.31. The van der Waals surface area contributed by atoms with Crippen LogP contribution < -0.4 is 4.74 Å². The summed E-state index contributed by atoms with van der Waals surface area (Å²) in [4.78, 5) is 23.9. The Morgan fingerprint density at radius 2 is 1.29 bits per heavy atom. The van der Waals surface area contributed by atoms with Crippen LogP contribution in [0.2, 0.25) is 0 Å². The molecule has 0 spiro atoms. The van der Waals surface area contributed by atoms with Gasteiger partial charge in [-0.3, -0.25) is 4.79 Å². The molecule has 0 heterocycles. The van der Waals surface area contributed by atoms with Crippen LogP contribution in [0.25, 0.3) is 32.7 Å². The number of carboxylic acid groups (broad SMARTS) is 1. The maximum absolute atomic E-state index is 12.0. The molecule has 0 unspecified atom stereocenters. The molecule has 0 aromatic heterocycles. The monoisotopic (exact) mass is 610 g/mol. The number of fused-ring (bicyclic) bond motifs is 2. The maximum atomic E-state index is 12.0. The first-order valence-electron chi connectivity index (χ1n) is 17.2. The number of aromatic hydroxyl groups is 1. The third-order valence-corrected chi connectivity index (χ3v) is 8.91. The zero-order chi connectivity index (χ0) is 31.9. The van der Waals surface area contributed by atoms with Crippen LogP contribution in [-0.2, 0) is 0 Å². The van der Waals surface area contributed by atoms with Crippen LogP contribution in [0, 0.1) is 0 Å². The summed E-state index contributed by atoms with van der Waals surface area (Å²) in [5.74, 6) is -0.818. The van der Waals surface area contributed by atoms with Crippen molar-refractivity contribution in [1.82, 2.24) is 0 Å². The summed E-state index contributed by atoms with van der Waals surface area (Å²) in [6.45, 7) is 2.87. The molecule has 4 aromatic carbocycles. The van der Waals surface area contributed by atoms with E-state index in [0.29, 0.717) is 39.8 Å². The van der Waals surface area contributed by atoms with E-state index in [2.05, 4.69) is 6.92 Å². The highest BCUT2D eigenvalue weighted by Gasteiger charge is 2.19. The Morgan fingerprint density at radius 3 is 1.89 bits per heavy atom. The summed E-state index contributed by atoms with van der Waals surface area (Å²) < 4.78 is 6.10. The number of benzene rings is 4. The van der Waals surface area contributed by atoms with E-state index in [0.717, 1.165) is 29.9 Å². The lowest BCUT2D eigenvalue weighted by molar-refractivity contribution is 0.0694. The van der Waals surface area contributed by atoms with Gasteiger partial charge in [0, 0.05) is 10.9 Å². The average molecular weight is 611 g/mol. The van der Waals surface area contributed by atoms with Gasteiger partial charge < -0.3 is 14.9 Å². The lowest BCUT2D eigenvalue weighted by atomic mass is 9.91. The molecular formula is C40H50O5. The van der Waals surface area contributed by atoms with Crippen LogP contribution in [0.5, 0.6) is 11.5 Å². The number of hydrogen-bond acceptors (Lipinski definition) is 4. The molecule has 4 rings (SSSR count). The molecule has 0 bridgehead atoms. The molecule has 0 aliphatic rings. The topological polar surface area (TPSA) is 83.8 Å². The van der Waals surface area contributed by atoms with Crippen molar-refractivity contribution in [2.75, 3.05) is 6.61 Å². The number of carbonyl (C=O) groups is 2. The minimum absolute atomic E-state index is 0.180. The van der Waals surface area contributed by atoms with Gasteiger partial charge in [0.05, 0.1) is 6.61 Å². The number of rotatable bonds is 21. The zero-order valence-electron chi connectivity index (χ0n) is 27.0. The Hall–Kier alpha value is -3.86. The molecule has 4 aromatic rings. The van der Waals surface area contributed by atoms with E-state index in [4.69, 9.17) is 4.74 Å². The maximum Gasteiger partial charge on any atom is 0.339 e. The highest BCUT2D eigenvalue weighted by atomic mass is 16.5. The minimum atomic E-state index is -1.21. The molecule has 0 saturated carbocycles. The second kappa shape index (κ2) is 18.2. The van der Waals surface area contributed by atoms with Crippen molar-refractivity contribution in [2.45, 2.75) is 110 Å². The molecule has 0 fully saturated rings. The minimum Gasteiger partial charge on any atom is -0.506 e. The van der Waals surface area contributed by atoms with Gasteiger partial charge in [0.2, 0.25) is 0 Å². The normalized spacial score (nSPS) is 11.3. The van der Waals surface area contributed by atoms with E-state index >= 15 is 0 Å². The van der Waals surface area contributed by atoms with E-state index in [1.807, 2.05) is 36.4 Å². The fraction of sp³-hybridized carbons (Fsp3) is 0.450. The van der Waals surface area contributed by atoms with E-state index in [1.54, 1.807) is 18.2 Å². The van der Waals surface area contributed by atoms with Gasteiger partial charge in [0.15, 0.2) is 6.29 Å². The zero-order valence-corrected chi connectivity index (χ0v) is 27.0. The SMILES string of the molecule is CCCCCCCCCCCCCCCCCCOc1ccc2c(O)c(C(=O)O)cc(-c3cc(C=O)c4ccccc4c3)c2c1. The van der Waals surface area contributed by atoms with Gasteiger partial charge in [-0.05, 0) is 70.1 Å². The smallest absolute Gasteiger partial charge is 0.339 e. The van der Waals surface area contributed by atoms with Gasteiger partial charge in [-0.2, -0.15) is 0 Å². The molecule has 240 valence electrons. The Labute approximate surface area is 268 Å². The van der Waals surface area contributed by atoms with Crippen molar-refractivity contribution < 1.29 is 24.5 Å². The van der Waals surface area contributed by atoms with Crippen molar-refractivity contribution in [1.29, 1.82) is 0 Å². The number of phenols is 1. The van der Waals surface area contributed by atoms with Gasteiger partial charge >= 0.3 is 5.97 Å². The molecular weight excluding hydrogens is 560 g/mol. The van der Waals surface area contributed by atoms with Gasteiger partial charge in [0.1, 0.15) is 17.1 Å². The summed E-state index contributed by atoms with van der Waals surface area (Å²) in [6.07, 6.45) is 22.0. The van der Waals surface area contributed by atoms with E-state index < -0.39 is 5.97 Å². The van der Waals surface area contributed by atoms with Crippen molar-refractivity contribution in [3.8, 4) is 22.6 Å². The first-order valence-corrected chi connectivity index (χ1v) is 17.2. The number of ether oxygens (including phenoxy) is 1. The van der Waals surface area contributed by atoms with Gasteiger partial charge in [-0.15, -0.1) is 0 Å². The molecule has 5 nitrogen and oxygen atoms in total. The van der Waals surface area contributed by atoms with E-state index in [9.17, 15) is 19.8 Å². The molecule has 0 saturated heterocycles. The molecule has 2 N–H and O–H groups in total. The van der Waals surface area contributed by atoms with E-state index in [-0.39, 0.29) is 11.3 Å². The van der Waals surface area contributed by atoms with Crippen LogP contribution in [-0.4, -0.2) is 29.1 Å². The number of aldehydes is 1. The third kappa shape index (κ3) is 9.81. The standard InChI is InChI=1S/C40H50O5/c1-2-3-4-5-6-7-8-9-10-11-12-13-14-15-16-19-24-45-33-22-23-35-37(27-33)36(28-38(39(35)42)40(43)44)31-25-30-20-17-18-21-34(30)32(26-31)29-41/h17-18,20-23,25-29,42H,2-16,19,24H2,1H3,(H,43,44). The van der Waals surface area contributed by atoms with E-state index in [1.165, 1.54) is 96.0 Å². The average Bonchev–Trinajstić information content (AvgIpc) is 3.05. The third-order valence-electron chi connectivity index (χ3n) is 8.91. The van der Waals surface area contributed by atoms with Crippen LogP contribution >= 0.6 is 0 Å². The van der Waals surface area contributed by atoms with Crippen molar-refractivity contribution in [3.63, 3.8) is 0 Å². The Balaban J connectivity index is 1.27. The van der Waals surface area contributed by atoms with Crippen LogP contribution in [0.4, 0.5) is 0 Å². The second-order valence-electron chi connectivity index (χ2n) is 12.4. The first kappa shape index (κ1) is 34.0. The molecule has 0 radical (unpaired) electrons. The summed E-state index contributed by atoms with van der Waals surface area (Å²) in [5, 5.41) is 23.4. The lowest BCUT2D eigenvalue weighted by Gasteiger charge is -2.15. The number of unbranched alkanes of at least 4 members (excludes halogenated alkanes) is 15. The number of carboxylic acids is 1. The molecule has 0 aliphatic heterocycles. The van der Waals surface area contributed by atoms with Crippen LogP contribution in [0.1, 0.15) is 130 Å². The molecule has 0 aliphatic carbocycles. The Kier molecular flexibility index (Phi) is 13.8. The number of aromatic carboxylic acids is 1. The number of hydrogen-bond donors (Lipinski definition) is 2. The largest absolute Gasteiger partial charge is 0.506 e. The summed E-state index contributed by atoms with van der Waals surface area (Å²) in [5.41, 5.74) is 1.68. The van der Waals surface area contributed by atoms with Gasteiger partial charge in [0.25, 0.3) is 0 Å². The Bertz CT molecular complexity index is 1540. The molecule has 45 heavy (non-hydrogen) atoms. The molecule has 5 heteroatoms. The summed E-state index contributed by atoms with van der Waals surface area (Å²) in [6, 6.07) is 18.2. The highest BCUT2D eigenvalue weighted by molar-refractivity contribution is 6.09. The Morgan fingerprint density at radius 1 is 0.689 bits per heavy atom. The second-order valence-corrected chi connectivity index (χ2v) is 12.4.